The Balaban J connectivity index is 2.11. The molecule has 0 bridgehead atoms. The smallest absolute Gasteiger partial charge is 0.225 e. The van der Waals surface area contributed by atoms with Gasteiger partial charge in [0.05, 0.1) is 26.3 Å². The van der Waals surface area contributed by atoms with E-state index in [9.17, 15) is 4.79 Å². The second kappa shape index (κ2) is 6.27. The number of carbonyl (C=O) groups excluding carboxylic acids is 1. The van der Waals surface area contributed by atoms with Crippen molar-refractivity contribution in [3.05, 3.63) is 29.8 Å². The van der Waals surface area contributed by atoms with Gasteiger partial charge in [-0.2, -0.15) is 0 Å². The minimum Gasteiger partial charge on any atom is -0.497 e. The predicted molar refractivity (Wildman–Crippen MR) is 77.7 cm³/mol. The van der Waals surface area contributed by atoms with Crippen molar-refractivity contribution in [2.75, 3.05) is 20.3 Å². The van der Waals surface area contributed by atoms with Crippen molar-refractivity contribution in [1.82, 2.24) is 4.90 Å². The monoisotopic (exact) mass is 277 g/mol. The average molecular weight is 277 g/mol. The van der Waals surface area contributed by atoms with Gasteiger partial charge in [-0.25, -0.2) is 0 Å². The zero-order valence-corrected chi connectivity index (χ0v) is 12.6. The molecule has 2 rings (SSSR count). The maximum Gasteiger partial charge on any atom is 0.225 e. The van der Waals surface area contributed by atoms with Gasteiger partial charge in [0, 0.05) is 5.92 Å². The molecule has 1 aromatic rings. The molecule has 4 heteroatoms. The van der Waals surface area contributed by atoms with Gasteiger partial charge in [-0.15, -0.1) is 0 Å². The maximum atomic E-state index is 12.2. The first-order chi connectivity index (χ1) is 9.52. The summed E-state index contributed by atoms with van der Waals surface area (Å²) >= 11 is 0. The SMILES string of the molecule is COc1ccc(C2CN(C(=O)C(C)C)C(C)CO2)cc1. The summed E-state index contributed by atoms with van der Waals surface area (Å²) in [7, 11) is 1.65. The fourth-order valence-corrected chi connectivity index (χ4v) is 2.42. The molecule has 0 spiro atoms. The highest BCUT2D eigenvalue weighted by atomic mass is 16.5. The summed E-state index contributed by atoms with van der Waals surface area (Å²) in [6.07, 6.45) is -0.0557. The second-order valence-corrected chi connectivity index (χ2v) is 5.59. The highest BCUT2D eigenvalue weighted by molar-refractivity contribution is 5.78. The van der Waals surface area contributed by atoms with E-state index >= 15 is 0 Å². The largest absolute Gasteiger partial charge is 0.497 e. The minimum absolute atomic E-state index is 0.0204. The van der Waals surface area contributed by atoms with Gasteiger partial charge in [0.2, 0.25) is 5.91 Å². The van der Waals surface area contributed by atoms with Crippen LogP contribution in [0.4, 0.5) is 0 Å². The molecule has 0 aromatic heterocycles. The highest BCUT2D eigenvalue weighted by Gasteiger charge is 2.31. The summed E-state index contributed by atoms with van der Waals surface area (Å²) in [5.41, 5.74) is 1.08. The minimum atomic E-state index is -0.0557. The maximum absolute atomic E-state index is 12.2. The molecule has 1 saturated heterocycles. The lowest BCUT2D eigenvalue weighted by atomic mass is 10.0. The second-order valence-electron chi connectivity index (χ2n) is 5.59. The number of rotatable bonds is 3. The van der Waals surface area contributed by atoms with E-state index in [1.807, 2.05) is 49.9 Å². The number of benzene rings is 1. The first kappa shape index (κ1) is 14.9. The quantitative estimate of drug-likeness (QED) is 0.852. The van der Waals surface area contributed by atoms with Crippen LogP contribution in [0.2, 0.25) is 0 Å². The van der Waals surface area contributed by atoms with E-state index in [-0.39, 0.29) is 24.0 Å². The van der Waals surface area contributed by atoms with Crippen molar-refractivity contribution in [3.63, 3.8) is 0 Å². The van der Waals surface area contributed by atoms with Crippen molar-refractivity contribution in [3.8, 4) is 5.75 Å². The van der Waals surface area contributed by atoms with E-state index < -0.39 is 0 Å². The number of methoxy groups -OCH3 is 1. The number of amides is 1. The van der Waals surface area contributed by atoms with Crippen LogP contribution in [0, 0.1) is 5.92 Å². The number of ether oxygens (including phenoxy) is 2. The van der Waals surface area contributed by atoms with Crippen molar-refractivity contribution in [1.29, 1.82) is 0 Å². The molecule has 1 amide bonds. The third kappa shape index (κ3) is 3.12. The molecule has 1 heterocycles. The van der Waals surface area contributed by atoms with Gasteiger partial charge in [-0.3, -0.25) is 4.79 Å². The fraction of sp³-hybridized carbons (Fsp3) is 0.562. The van der Waals surface area contributed by atoms with Gasteiger partial charge in [-0.05, 0) is 24.6 Å². The van der Waals surface area contributed by atoms with E-state index in [2.05, 4.69) is 0 Å². The molecule has 110 valence electrons. The van der Waals surface area contributed by atoms with Crippen LogP contribution in [0.1, 0.15) is 32.4 Å². The van der Waals surface area contributed by atoms with Crippen molar-refractivity contribution in [2.45, 2.75) is 32.9 Å². The Morgan fingerprint density at radius 2 is 2.00 bits per heavy atom. The van der Waals surface area contributed by atoms with E-state index in [1.165, 1.54) is 0 Å². The Bertz CT molecular complexity index is 455. The molecular formula is C16H23NO3. The molecule has 0 aliphatic carbocycles. The molecule has 1 aliphatic heterocycles. The molecule has 0 saturated carbocycles. The highest BCUT2D eigenvalue weighted by Crippen LogP contribution is 2.27. The number of morpholine rings is 1. The topological polar surface area (TPSA) is 38.8 Å². The van der Waals surface area contributed by atoms with Crippen LogP contribution in [-0.4, -0.2) is 37.1 Å². The lowest BCUT2D eigenvalue weighted by Gasteiger charge is -2.39. The molecule has 1 aliphatic rings. The number of carbonyl (C=O) groups is 1. The summed E-state index contributed by atoms with van der Waals surface area (Å²) in [6.45, 7) is 7.10. The summed E-state index contributed by atoms with van der Waals surface area (Å²) < 4.78 is 11.0. The molecule has 2 unspecified atom stereocenters. The molecule has 1 aromatic carbocycles. The van der Waals surface area contributed by atoms with Gasteiger partial charge >= 0.3 is 0 Å². The Morgan fingerprint density at radius 1 is 1.35 bits per heavy atom. The van der Waals surface area contributed by atoms with E-state index in [0.717, 1.165) is 11.3 Å². The first-order valence-corrected chi connectivity index (χ1v) is 7.09. The van der Waals surface area contributed by atoms with Gasteiger partial charge in [-0.1, -0.05) is 26.0 Å². The number of hydrogen-bond acceptors (Lipinski definition) is 3. The normalized spacial score (nSPS) is 22.9. The summed E-state index contributed by atoms with van der Waals surface area (Å²) in [4.78, 5) is 14.2. The first-order valence-electron chi connectivity index (χ1n) is 7.09. The van der Waals surface area contributed by atoms with Gasteiger partial charge in [0.25, 0.3) is 0 Å². The summed E-state index contributed by atoms with van der Waals surface area (Å²) in [5, 5.41) is 0. The zero-order chi connectivity index (χ0) is 14.7. The standard InChI is InChI=1S/C16H23NO3/c1-11(2)16(18)17-9-15(20-10-12(17)3)13-5-7-14(19-4)8-6-13/h5-8,11-12,15H,9-10H2,1-4H3. The van der Waals surface area contributed by atoms with Crippen molar-refractivity contribution in [2.24, 2.45) is 5.92 Å². The van der Waals surface area contributed by atoms with Crippen LogP contribution in [0.3, 0.4) is 0 Å². The average Bonchev–Trinajstić information content (AvgIpc) is 2.47. The van der Waals surface area contributed by atoms with Crippen LogP contribution < -0.4 is 4.74 Å². The molecule has 1 fully saturated rings. The Labute approximate surface area is 120 Å². The van der Waals surface area contributed by atoms with Gasteiger partial charge in [0.15, 0.2) is 0 Å². The summed E-state index contributed by atoms with van der Waals surface area (Å²) in [6, 6.07) is 7.98. The van der Waals surface area contributed by atoms with Gasteiger partial charge in [0.1, 0.15) is 11.9 Å². The summed E-state index contributed by atoms with van der Waals surface area (Å²) in [5.74, 6) is 1.04. The van der Waals surface area contributed by atoms with Crippen LogP contribution in [0.15, 0.2) is 24.3 Å². The lowest BCUT2D eigenvalue weighted by Crippen LogP contribution is -2.49. The van der Waals surface area contributed by atoms with Crippen LogP contribution in [-0.2, 0) is 9.53 Å². The fourth-order valence-electron chi connectivity index (χ4n) is 2.42. The molecular weight excluding hydrogens is 254 g/mol. The number of nitrogens with zero attached hydrogens (tertiary/aromatic N) is 1. The molecule has 2 atom stereocenters. The van der Waals surface area contributed by atoms with E-state index in [0.29, 0.717) is 13.2 Å². The van der Waals surface area contributed by atoms with Crippen LogP contribution >= 0.6 is 0 Å². The zero-order valence-electron chi connectivity index (χ0n) is 12.6. The van der Waals surface area contributed by atoms with Crippen molar-refractivity contribution >= 4 is 5.91 Å². The Hall–Kier alpha value is -1.55. The molecule has 20 heavy (non-hydrogen) atoms. The molecule has 0 N–H and O–H groups in total. The van der Waals surface area contributed by atoms with Crippen LogP contribution in [0.5, 0.6) is 5.75 Å². The predicted octanol–water partition coefficient (Wildman–Crippen LogP) is 2.64. The van der Waals surface area contributed by atoms with Crippen molar-refractivity contribution < 1.29 is 14.3 Å². The van der Waals surface area contributed by atoms with Crippen LogP contribution in [0.25, 0.3) is 0 Å². The Kier molecular flexibility index (Phi) is 4.65. The lowest BCUT2D eigenvalue weighted by molar-refractivity contribution is -0.147. The van der Waals surface area contributed by atoms with E-state index in [4.69, 9.17) is 9.47 Å². The Morgan fingerprint density at radius 3 is 2.55 bits per heavy atom. The third-order valence-electron chi connectivity index (χ3n) is 3.70. The molecule has 4 nitrogen and oxygen atoms in total. The third-order valence-corrected chi connectivity index (χ3v) is 3.70. The van der Waals surface area contributed by atoms with E-state index in [1.54, 1.807) is 7.11 Å². The molecule has 0 radical (unpaired) electrons. The van der Waals surface area contributed by atoms with Gasteiger partial charge < -0.3 is 14.4 Å². The number of hydrogen-bond donors (Lipinski definition) is 0.